The lowest BCUT2D eigenvalue weighted by Gasteiger charge is -2.39. The van der Waals surface area contributed by atoms with Crippen molar-refractivity contribution in [1.82, 2.24) is 5.32 Å². The van der Waals surface area contributed by atoms with Gasteiger partial charge >= 0.3 is 0 Å². The van der Waals surface area contributed by atoms with Crippen molar-refractivity contribution in [2.24, 2.45) is 0 Å². The molecule has 1 aliphatic heterocycles. The molecule has 6 nitrogen and oxygen atoms in total. The third-order valence-corrected chi connectivity index (χ3v) is 5.60. The smallest absolute Gasteiger partial charge is 0.252 e. The first-order valence-electron chi connectivity index (χ1n) is 11.1. The molecule has 0 aliphatic carbocycles. The van der Waals surface area contributed by atoms with Crippen LogP contribution in [0.1, 0.15) is 16.7 Å². The second-order valence-electron chi connectivity index (χ2n) is 8.08. The molecule has 4 rings (SSSR count). The Balaban J connectivity index is 1.42. The van der Waals surface area contributed by atoms with E-state index >= 15 is 0 Å². The lowest BCUT2D eigenvalue weighted by molar-refractivity contribution is -0.180. The van der Waals surface area contributed by atoms with Gasteiger partial charge in [-0.2, -0.15) is 0 Å². The first-order valence-corrected chi connectivity index (χ1v) is 11.1. The summed E-state index contributed by atoms with van der Waals surface area (Å²) in [7, 11) is 0. The van der Waals surface area contributed by atoms with E-state index in [9.17, 15) is 9.90 Å². The highest BCUT2D eigenvalue weighted by atomic mass is 16.6. The number of benzene rings is 3. The first-order chi connectivity index (χ1) is 16.2. The van der Waals surface area contributed by atoms with Gasteiger partial charge in [-0.05, 0) is 16.7 Å². The third-order valence-electron chi connectivity index (χ3n) is 5.60. The molecule has 2 N–H and O–H groups in total. The van der Waals surface area contributed by atoms with Crippen molar-refractivity contribution in [3.63, 3.8) is 0 Å². The van der Waals surface area contributed by atoms with Gasteiger partial charge in [0.15, 0.2) is 6.10 Å². The molecule has 1 aliphatic rings. The van der Waals surface area contributed by atoms with Crippen molar-refractivity contribution in [2.75, 3.05) is 6.61 Å². The average Bonchev–Trinajstić information content (AvgIpc) is 2.86. The normalized spacial score (nSPS) is 22.6. The summed E-state index contributed by atoms with van der Waals surface area (Å²) in [5, 5.41) is 13.9. The largest absolute Gasteiger partial charge is 0.388 e. The van der Waals surface area contributed by atoms with Crippen LogP contribution in [0.25, 0.3) is 0 Å². The number of ether oxygens (including phenoxy) is 3. The Bertz CT molecular complexity index is 983. The molecule has 172 valence electrons. The van der Waals surface area contributed by atoms with Gasteiger partial charge in [0, 0.05) is 0 Å². The maximum absolute atomic E-state index is 12.9. The standard InChI is InChI=1S/C27H29NO5/c29-24-23(19-31-16-20-10-4-1-5-11-20)28-27(30)26(33-18-22-14-8-3-9-15-22)25(24)32-17-21-12-6-2-7-13-21/h1-15,23-26,29H,16-19H2,(H,28,30)/t23-,24-,25+,26-/m1/s1. The highest BCUT2D eigenvalue weighted by Crippen LogP contribution is 2.21. The molecule has 33 heavy (non-hydrogen) atoms. The van der Waals surface area contributed by atoms with Crippen LogP contribution in [0.2, 0.25) is 0 Å². The van der Waals surface area contributed by atoms with Crippen molar-refractivity contribution >= 4 is 5.91 Å². The molecular formula is C27H29NO5. The molecule has 0 aromatic heterocycles. The third kappa shape index (κ3) is 6.49. The number of rotatable bonds is 10. The van der Waals surface area contributed by atoms with Crippen LogP contribution in [0.3, 0.4) is 0 Å². The molecule has 1 amide bonds. The predicted molar refractivity (Wildman–Crippen MR) is 124 cm³/mol. The summed E-state index contributed by atoms with van der Waals surface area (Å²) in [6.07, 6.45) is -2.75. The van der Waals surface area contributed by atoms with Crippen LogP contribution >= 0.6 is 0 Å². The fourth-order valence-corrected chi connectivity index (χ4v) is 3.81. The Morgan fingerprint density at radius 3 is 1.73 bits per heavy atom. The maximum atomic E-state index is 12.9. The van der Waals surface area contributed by atoms with Gasteiger partial charge in [0.05, 0.1) is 32.5 Å². The highest BCUT2D eigenvalue weighted by Gasteiger charge is 2.45. The first kappa shape index (κ1) is 23.1. The van der Waals surface area contributed by atoms with E-state index in [0.29, 0.717) is 6.61 Å². The molecule has 1 saturated heterocycles. The molecule has 0 spiro atoms. The zero-order chi connectivity index (χ0) is 22.9. The van der Waals surface area contributed by atoms with Gasteiger partial charge < -0.3 is 24.6 Å². The van der Waals surface area contributed by atoms with Gasteiger partial charge in [0.25, 0.3) is 5.91 Å². The molecule has 0 unspecified atom stereocenters. The van der Waals surface area contributed by atoms with Gasteiger partial charge in [-0.25, -0.2) is 0 Å². The minimum absolute atomic E-state index is 0.165. The molecule has 0 bridgehead atoms. The molecule has 3 aromatic rings. The van der Waals surface area contributed by atoms with E-state index in [0.717, 1.165) is 16.7 Å². The maximum Gasteiger partial charge on any atom is 0.252 e. The number of amides is 1. The fourth-order valence-electron chi connectivity index (χ4n) is 3.81. The van der Waals surface area contributed by atoms with Crippen molar-refractivity contribution < 1.29 is 24.1 Å². The Labute approximate surface area is 194 Å². The number of nitrogens with one attached hydrogen (secondary N) is 1. The van der Waals surface area contributed by atoms with E-state index in [1.807, 2.05) is 91.0 Å². The topological polar surface area (TPSA) is 77.0 Å². The summed E-state index contributed by atoms with van der Waals surface area (Å²) < 4.78 is 17.8. The van der Waals surface area contributed by atoms with Gasteiger partial charge in [-0.3, -0.25) is 4.79 Å². The van der Waals surface area contributed by atoms with E-state index in [2.05, 4.69) is 5.32 Å². The molecule has 6 heteroatoms. The molecule has 4 atom stereocenters. The number of carbonyl (C=O) groups is 1. The quantitative estimate of drug-likeness (QED) is 0.499. The number of hydrogen-bond donors (Lipinski definition) is 2. The Morgan fingerprint density at radius 2 is 1.18 bits per heavy atom. The van der Waals surface area contributed by atoms with E-state index < -0.39 is 24.4 Å². The summed E-state index contributed by atoms with van der Waals surface area (Å²) in [5.41, 5.74) is 2.92. The molecular weight excluding hydrogens is 418 g/mol. The summed E-state index contributed by atoms with van der Waals surface area (Å²) in [5.74, 6) is -0.317. The highest BCUT2D eigenvalue weighted by molar-refractivity contribution is 5.83. The van der Waals surface area contributed by atoms with Gasteiger partial charge in [-0.15, -0.1) is 0 Å². The van der Waals surface area contributed by atoms with E-state index in [1.54, 1.807) is 0 Å². The number of aliphatic hydroxyl groups excluding tert-OH is 1. The summed E-state index contributed by atoms with van der Waals surface area (Å²) >= 11 is 0. The minimum Gasteiger partial charge on any atom is -0.388 e. The van der Waals surface area contributed by atoms with Crippen molar-refractivity contribution in [2.45, 2.75) is 44.2 Å². The Kier molecular flexibility index (Phi) is 8.22. The van der Waals surface area contributed by atoms with Crippen LogP contribution in [0.5, 0.6) is 0 Å². The number of hydrogen-bond acceptors (Lipinski definition) is 5. The number of aliphatic hydroxyl groups is 1. The predicted octanol–water partition coefficient (Wildman–Crippen LogP) is 3.23. The molecule has 1 heterocycles. The molecule has 3 aromatic carbocycles. The lowest BCUT2D eigenvalue weighted by Crippen LogP contribution is -2.65. The van der Waals surface area contributed by atoms with E-state index in [-0.39, 0.29) is 25.7 Å². The summed E-state index contributed by atoms with van der Waals surface area (Å²) in [6.45, 7) is 1.06. The van der Waals surface area contributed by atoms with E-state index in [1.165, 1.54) is 0 Å². The SMILES string of the molecule is O=C1N[C@H](COCc2ccccc2)[C@@H](O)[C@H](OCc2ccccc2)[C@H]1OCc1ccccc1. The van der Waals surface area contributed by atoms with Crippen molar-refractivity contribution in [1.29, 1.82) is 0 Å². The van der Waals surface area contributed by atoms with Gasteiger partial charge in [-0.1, -0.05) is 91.0 Å². The summed E-state index contributed by atoms with van der Waals surface area (Å²) in [4.78, 5) is 12.9. The van der Waals surface area contributed by atoms with Crippen LogP contribution in [-0.4, -0.2) is 42.0 Å². The summed E-state index contributed by atoms with van der Waals surface area (Å²) in [6, 6.07) is 28.4. The zero-order valence-electron chi connectivity index (χ0n) is 18.4. The van der Waals surface area contributed by atoms with Gasteiger partial charge in [0.2, 0.25) is 0 Å². The molecule has 1 fully saturated rings. The van der Waals surface area contributed by atoms with Crippen LogP contribution in [0.4, 0.5) is 0 Å². The van der Waals surface area contributed by atoms with E-state index in [4.69, 9.17) is 14.2 Å². The minimum atomic E-state index is -0.983. The number of carbonyl (C=O) groups excluding carboxylic acids is 1. The van der Waals surface area contributed by atoms with Gasteiger partial charge in [0.1, 0.15) is 12.2 Å². The van der Waals surface area contributed by atoms with Crippen LogP contribution in [0.15, 0.2) is 91.0 Å². The Morgan fingerprint density at radius 1 is 0.697 bits per heavy atom. The van der Waals surface area contributed by atoms with Crippen molar-refractivity contribution in [3.05, 3.63) is 108 Å². The fraction of sp³-hybridized carbons (Fsp3) is 0.296. The zero-order valence-corrected chi connectivity index (χ0v) is 18.4. The molecule has 0 saturated carbocycles. The average molecular weight is 448 g/mol. The Hall–Kier alpha value is -3.03. The lowest BCUT2D eigenvalue weighted by atomic mass is 9.95. The second-order valence-corrected chi connectivity index (χ2v) is 8.08. The van der Waals surface area contributed by atoms with Crippen LogP contribution in [-0.2, 0) is 38.8 Å². The second kappa shape index (κ2) is 11.7. The number of piperidine rings is 1. The monoisotopic (exact) mass is 447 g/mol. The van der Waals surface area contributed by atoms with Crippen LogP contribution in [0, 0.1) is 0 Å². The van der Waals surface area contributed by atoms with Crippen molar-refractivity contribution in [3.8, 4) is 0 Å². The molecule has 0 radical (unpaired) electrons. The van der Waals surface area contributed by atoms with Crippen LogP contribution < -0.4 is 5.32 Å².